The van der Waals surface area contributed by atoms with Crippen LogP contribution in [0, 0.1) is 6.92 Å². The number of hydrogen-bond acceptors (Lipinski definition) is 3. The lowest BCUT2D eigenvalue weighted by Crippen LogP contribution is -2.27. The molecular formula is C10H15N3. The molecule has 0 radical (unpaired) electrons. The molecule has 70 valence electrons. The summed E-state index contributed by atoms with van der Waals surface area (Å²) in [7, 11) is 0. The van der Waals surface area contributed by atoms with Crippen LogP contribution in [0.2, 0.25) is 0 Å². The van der Waals surface area contributed by atoms with Gasteiger partial charge in [0, 0.05) is 12.6 Å². The summed E-state index contributed by atoms with van der Waals surface area (Å²) in [6.45, 7) is 5.33. The summed E-state index contributed by atoms with van der Waals surface area (Å²) in [6.07, 6.45) is 6.25. The van der Waals surface area contributed by atoms with Gasteiger partial charge in [-0.25, -0.2) is 4.98 Å². The van der Waals surface area contributed by atoms with Gasteiger partial charge in [-0.3, -0.25) is 4.98 Å². The van der Waals surface area contributed by atoms with E-state index in [-0.39, 0.29) is 0 Å². The number of rotatable bonds is 1. The number of nitrogens with zero attached hydrogens (tertiary/aromatic N) is 3. The van der Waals surface area contributed by atoms with Gasteiger partial charge < -0.3 is 4.90 Å². The Balaban J connectivity index is 2.20. The molecule has 0 amide bonds. The van der Waals surface area contributed by atoms with E-state index in [1.165, 1.54) is 12.8 Å². The van der Waals surface area contributed by atoms with Gasteiger partial charge in [0.25, 0.3) is 0 Å². The minimum Gasteiger partial charge on any atom is -0.353 e. The van der Waals surface area contributed by atoms with Crippen LogP contribution in [0.5, 0.6) is 0 Å². The minimum absolute atomic E-state index is 0.622. The van der Waals surface area contributed by atoms with Crippen LogP contribution < -0.4 is 4.90 Å². The standard InChI is InChI=1S/C10H15N3/c1-8-6-12-10(7-11-8)13-5-3-4-9(13)2/h6-7,9H,3-5H2,1-2H3. The molecule has 0 bridgehead atoms. The fourth-order valence-corrected chi connectivity index (χ4v) is 1.81. The third kappa shape index (κ3) is 1.64. The molecule has 3 heteroatoms. The lowest BCUT2D eigenvalue weighted by atomic mass is 10.2. The molecule has 2 rings (SSSR count). The Labute approximate surface area is 78.8 Å². The van der Waals surface area contributed by atoms with Crippen LogP contribution in [0.15, 0.2) is 12.4 Å². The van der Waals surface area contributed by atoms with E-state index in [9.17, 15) is 0 Å². The highest BCUT2D eigenvalue weighted by molar-refractivity contribution is 5.38. The molecule has 0 spiro atoms. The molecule has 1 aromatic rings. The molecule has 1 fully saturated rings. The molecule has 0 saturated carbocycles. The SMILES string of the molecule is Cc1cnc(N2CCCC2C)cn1. The van der Waals surface area contributed by atoms with E-state index in [1.54, 1.807) is 0 Å². The first-order chi connectivity index (χ1) is 6.27. The number of aryl methyl sites for hydroxylation is 1. The Hall–Kier alpha value is -1.12. The van der Waals surface area contributed by atoms with Gasteiger partial charge >= 0.3 is 0 Å². The maximum atomic E-state index is 4.37. The zero-order chi connectivity index (χ0) is 9.26. The minimum atomic E-state index is 0.622. The topological polar surface area (TPSA) is 29.0 Å². The normalized spacial score (nSPS) is 22.3. The van der Waals surface area contributed by atoms with Crippen LogP contribution in [0.3, 0.4) is 0 Å². The van der Waals surface area contributed by atoms with Crippen LogP contribution in [0.25, 0.3) is 0 Å². The Morgan fingerprint density at radius 3 is 2.77 bits per heavy atom. The number of hydrogen-bond donors (Lipinski definition) is 0. The van der Waals surface area contributed by atoms with Crippen molar-refractivity contribution in [2.24, 2.45) is 0 Å². The average Bonchev–Trinajstić information content (AvgIpc) is 2.53. The lowest BCUT2D eigenvalue weighted by molar-refractivity contribution is 0.725. The van der Waals surface area contributed by atoms with E-state index in [0.717, 1.165) is 18.1 Å². The first-order valence-electron chi connectivity index (χ1n) is 4.82. The van der Waals surface area contributed by atoms with Crippen molar-refractivity contribution in [3.8, 4) is 0 Å². The summed E-state index contributed by atoms with van der Waals surface area (Å²) in [6, 6.07) is 0.622. The number of aromatic nitrogens is 2. The Kier molecular flexibility index (Phi) is 2.17. The van der Waals surface area contributed by atoms with Gasteiger partial charge in [-0.2, -0.15) is 0 Å². The van der Waals surface area contributed by atoms with Gasteiger partial charge in [0.05, 0.1) is 18.1 Å². The van der Waals surface area contributed by atoms with E-state index in [0.29, 0.717) is 6.04 Å². The van der Waals surface area contributed by atoms with Gasteiger partial charge in [-0.15, -0.1) is 0 Å². The van der Waals surface area contributed by atoms with Gasteiger partial charge in [0.1, 0.15) is 5.82 Å². The smallest absolute Gasteiger partial charge is 0.147 e. The largest absolute Gasteiger partial charge is 0.353 e. The molecule has 1 aromatic heterocycles. The fraction of sp³-hybridized carbons (Fsp3) is 0.600. The molecular weight excluding hydrogens is 162 g/mol. The van der Waals surface area contributed by atoms with Crippen LogP contribution in [0.1, 0.15) is 25.5 Å². The molecule has 2 heterocycles. The van der Waals surface area contributed by atoms with Crippen LogP contribution in [-0.2, 0) is 0 Å². The van der Waals surface area contributed by atoms with Crippen molar-refractivity contribution in [2.45, 2.75) is 32.7 Å². The van der Waals surface area contributed by atoms with Crippen molar-refractivity contribution in [3.63, 3.8) is 0 Å². The maximum Gasteiger partial charge on any atom is 0.147 e. The molecule has 1 atom stereocenters. The first kappa shape index (κ1) is 8.48. The monoisotopic (exact) mass is 177 g/mol. The Morgan fingerprint density at radius 1 is 1.38 bits per heavy atom. The van der Waals surface area contributed by atoms with E-state index in [2.05, 4.69) is 21.8 Å². The molecule has 0 aliphatic carbocycles. The number of anilines is 1. The highest BCUT2D eigenvalue weighted by Crippen LogP contribution is 2.22. The van der Waals surface area contributed by atoms with E-state index in [1.807, 2.05) is 19.3 Å². The fourth-order valence-electron chi connectivity index (χ4n) is 1.81. The summed E-state index contributed by atoms with van der Waals surface area (Å²) >= 11 is 0. The van der Waals surface area contributed by atoms with Crippen molar-refractivity contribution < 1.29 is 0 Å². The van der Waals surface area contributed by atoms with Crippen molar-refractivity contribution in [1.82, 2.24) is 9.97 Å². The third-order valence-corrected chi connectivity index (χ3v) is 2.61. The second-order valence-electron chi connectivity index (χ2n) is 3.70. The Bertz CT molecular complexity index is 281. The second-order valence-corrected chi connectivity index (χ2v) is 3.70. The zero-order valence-corrected chi connectivity index (χ0v) is 8.20. The van der Waals surface area contributed by atoms with Gasteiger partial charge in [0.2, 0.25) is 0 Å². The molecule has 1 aliphatic heterocycles. The second kappa shape index (κ2) is 3.32. The summed E-state index contributed by atoms with van der Waals surface area (Å²) in [5.41, 5.74) is 0.982. The van der Waals surface area contributed by atoms with Gasteiger partial charge in [-0.1, -0.05) is 0 Å². The molecule has 3 nitrogen and oxygen atoms in total. The quantitative estimate of drug-likeness (QED) is 0.654. The summed E-state index contributed by atoms with van der Waals surface area (Å²) in [4.78, 5) is 11.0. The highest BCUT2D eigenvalue weighted by atomic mass is 15.2. The molecule has 0 N–H and O–H groups in total. The predicted octanol–water partition coefficient (Wildman–Crippen LogP) is 1.77. The van der Waals surface area contributed by atoms with Crippen molar-refractivity contribution in [2.75, 3.05) is 11.4 Å². The lowest BCUT2D eigenvalue weighted by Gasteiger charge is -2.21. The first-order valence-corrected chi connectivity index (χ1v) is 4.82. The van der Waals surface area contributed by atoms with Gasteiger partial charge in [-0.05, 0) is 26.7 Å². The maximum absolute atomic E-state index is 4.37. The molecule has 0 aromatic carbocycles. The summed E-state index contributed by atoms with van der Waals surface area (Å²) in [5.74, 6) is 1.02. The summed E-state index contributed by atoms with van der Waals surface area (Å²) in [5, 5.41) is 0. The van der Waals surface area contributed by atoms with Crippen molar-refractivity contribution in [1.29, 1.82) is 0 Å². The highest BCUT2D eigenvalue weighted by Gasteiger charge is 2.21. The van der Waals surface area contributed by atoms with Crippen molar-refractivity contribution in [3.05, 3.63) is 18.1 Å². The predicted molar refractivity (Wildman–Crippen MR) is 52.8 cm³/mol. The van der Waals surface area contributed by atoms with Gasteiger partial charge in [0.15, 0.2) is 0 Å². The van der Waals surface area contributed by atoms with E-state index < -0.39 is 0 Å². The summed E-state index contributed by atoms with van der Waals surface area (Å²) < 4.78 is 0. The van der Waals surface area contributed by atoms with Crippen LogP contribution in [0.4, 0.5) is 5.82 Å². The van der Waals surface area contributed by atoms with Crippen LogP contribution in [-0.4, -0.2) is 22.6 Å². The third-order valence-electron chi connectivity index (χ3n) is 2.61. The van der Waals surface area contributed by atoms with Crippen molar-refractivity contribution >= 4 is 5.82 Å². The van der Waals surface area contributed by atoms with E-state index in [4.69, 9.17) is 0 Å². The molecule has 13 heavy (non-hydrogen) atoms. The van der Waals surface area contributed by atoms with Crippen LogP contribution >= 0.6 is 0 Å². The zero-order valence-electron chi connectivity index (χ0n) is 8.20. The Morgan fingerprint density at radius 2 is 2.23 bits per heavy atom. The molecule has 1 aliphatic rings. The molecule has 1 unspecified atom stereocenters. The average molecular weight is 177 g/mol. The molecule has 1 saturated heterocycles. The van der Waals surface area contributed by atoms with E-state index >= 15 is 0 Å².